The maximum Gasteiger partial charge on any atom is 0.323 e. The van der Waals surface area contributed by atoms with Crippen molar-refractivity contribution >= 4 is 76.3 Å². The average molecular weight is 831 g/mol. The van der Waals surface area contributed by atoms with E-state index in [0.29, 0.717) is 19.4 Å². The van der Waals surface area contributed by atoms with Crippen molar-refractivity contribution in [1.29, 1.82) is 0 Å². The maximum absolute atomic E-state index is 13.8. The van der Waals surface area contributed by atoms with Crippen molar-refractivity contribution in [3.05, 3.63) is 40.1 Å². The zero-order chi connectivity index (χ0) is 41.5. The monoisotopic (exact) mass is 829 g/mol. The van der Waals surface area contributed by atoms with Crippen LogP contribution in [0.15, 0.2) is 35.1 Å². The van der Waals surface area contributed by atoms with E-state index in [4.69, 9.17) is 40.4 Å². The number of halogens is 2. The van der Waals surface area contributed by atoms with E-state index in [9.17, 15) is 48.9 Å². The number of hydrogen-bond acceptors (Lipinski definition) is 15. The van der Waals surface area contributed by atoms with Crippen LogP contribution in [0.2, 0.25) is 10.0 Å². The first kappa shape index (κ1) is 45.1. The maximum atomic E-state index is 13.8. The van der Waals surface area contributed by atoms with E-state index in [0.717, 1.165) is 6.20 Å². The second kappa shape index (κ2) is 21.7. The lowest BCUT2D eigenvalue weighted by molar-refractivity contribution is -0.135. The Morgan fingerprint density at radius 1 is 0.964 bits per heavy atom. The minimum Gasteiger partial charge on any atom is -0.394 e. The van der Waals surface area contributed by atoms with Crippen molar-refractivity contribution in [3.63, 3.8) is 0 Å². The number of nitrogens with two attached hydrogens (primary N) is 3. The third-order valence-corrected chi connectivity index (χ3v) is 8.81. The minimum atomic E-state index is -1.82. The van der Waals surface area contributed by atoms with Gasteiger partial charge in [0.2, 0.25) is 29.5 Å². The smallest absolute Gasteiger partial charge is 0.323 e. The molecule has 2 heterocycles. The number of rotatable bonds is 11. The molecule has 1 fully saturated rings. The third-order valence-electron chi connectivity index (χ3n) is 8.07. The molecule has 308 valence electrons. The number of nitrogens with zero attached hydrogens (tertiary/aromatic N) is 1. The second-order valence-electron chi connectivity index (χ2n) is 12.5. The fraction of sp³-hybridized carbons (Fsp3) is 0.484. The molecule has 3 rings (SSSR count). The number of aliphatic imine (C=N–C) groups is 1. The zero-order valence-corrected chi connectivity index (χ0v) is 31.2. The SMILES string of the molecule is NCCC[C@H](N)CC(=O)NC1CNC(=O)[C@@H](C2CC(O)N=C(N)N2)NC(=O)/C(=C/NC(=O)Nc2ccc(Cl)c(Cl)c2)NC(=O)[C@@H](CO)NC(=O)[C@@H](CO)NC1=O. The van der Waals surface area contributed by atoms with Crippen LogP contribution in [0.25, 0.3) is 0 Å². The van der Waals surface area contributed by atoms with Crippen LogP contribution < -0.4 is 65.1 Å². The van der Waals surface area contributed by atoms with Gasteiger partial charge in [-0.3, -0.25) is 28.8 Å². The van der Waals surface area contributed by atoms with E-state index in [1.165, 1.54) is 18.2 Å². The van der Waals surface area contributed by atoms with Crippen LogP contribution in [0.1, 0.15) is 25.7 Å². The number of aliphatic hydroxyl groups is 3. The number of nitrogens with one attached hydrogen (secondary N) is 9. The number of benzene rings is 1. The first-order valence-corrected chi connectivity index (χ1v) is 17.8. The van der Waals surface area contributed by atoms with Crippen molar-refractivity contribution in [1.82, 2.24) is 42.5 Å². The molecular weight excluding hydrogens is 785 g/mol. The molecule has 25 heteroatoms. The molecule has 18 N–H and O–H groups in total. The zero-order valence-electron chi connectivity index (χ0n) is 29.6. The summed E-state index contributed by atoms with van der Waals surface area (Å²) in [6.07, 6.45) is -0.366. The molecule has 3 unspecified atom stereocenters. The van der Waals surface area contributed by atoms with Gasteiger partial charge in [0.1, 0.15) is 29.9 Å². The Morgan fingerprint density at radius 3 is 2.29 bits per heavy atom. The fourth-order valence-electron chi connectivity index (χ4n) is 5.20. The summed E-state index contributed by atoms with van der Waals surface area (Å²) in [6, 6.07) is -5.50. The van der Waals surface area contributed by atoms with Gasteiger partial charge in [-0.2, -0.15) is 0 Å². The number of carbonyl (C=O) groups excluding carboxylic acids is 7. The Labute approximate surface area is 329 Å². The van der Waals surface area contributed by atoms with Crippen LogP contribution in [0.3, 0.4) is 0 Å². The first-order valence-electron chi connectivity index (χ1n) is 17.0. The number of urea groups is 1. The highest BCUT2D eigenvalue weighted by Gasteiger charge is 2.37. The average Bonchev–Trinajstić information content (AvgIpc) is 3.14. The van der Waals surface area contributed by atoms with Gasteiger partial charge < -0.3 is 80.4 Å². The minimum absolute atomic E-state index is 0.111. The van der Waals surface area contributed by atoms with Crippen molar-refractivity contribution in [2.75, 3.05) is 31.6 Å². The van der Waals surface area contributed by atoms with E-state index in [1.54, 1.807) is 0 Å². The lowest BCUT2D eigenvalue weighted by atomic mass is 10.0. The van der Waals surface area contributed by atoms with Gasteiger partial charge in [0, 0.05) is 37.3 Å². The molecule has 0 spiro atoms. The normalized spacial score (nSPS) is 25.2. The first-order chi connectivity index (χ1) is 26.5. The van der Waals surface area contributed by atoms with Gasteiger partial charge in [-0.25, -0.2) is 9.79 Å². The van der Waals surface area contributed by atoms with E-state index in [1.807, 2.05) is 0 Å². The van der Waals surface area contributed by atoms with E-state index in [-0.39, 0.29) is 34.5 Å². The van der Waals surface area contributed by atoms with Crippen LogP contribution in [-0.2, 0) is 28.8 Å². The Morgan fingerprint density at radius 2 is 1.64 bits per heavy atom. The van der Waals surface area contributed by atoms with Crippen LogP contribution in [0.4, 0.5) is 10.5 Å². The Balaban J connectivity index is 2.01. The quantitative estimate of drug-likeness (QED) is 0.0926. The van der Waals surface area contributed by atoms with Gasteiger partial charge >= 0.3 is 6.03 Å². The van der Waals surface area contributed by atoms with Gasteiger partial charge in [-0.1, -0.05) is 23.2 Å². The van der Waals surface area contributed by atoms with E-state index < -0.39 is 109 Å². The number of carbonyl (C=O) groups is 7. The van der Waals surface area contributed by atoms with Crippen molar-refractivity contribution in [3.8, 4) is 0 Å². The molecule has 56 heavy (non-hydrogen) atoms. The Kier molecular flexibility index (Phi) is 17.5. The predicted octanol–water partition coefficient (Wildman–Crippen LogP) is -5.42. The van der Waals surface area contributed by atoms with Crippen LogP contribution >= 0.6 is 23.2 Å². The highest BCUT2D eigenvalue weighted by Crippen LogP contribution is 2.25. The number of anilines is 1. The van der Waals surface area contributed by atoms with E-state index in [2.05, 4.69) is 52.8 Å². The van der Waals surface area contributed by atoms with Crippen molar-refractivity contribution in [2.24, 2.45) is 22.2 Å². The molecule has 23 nitrogen and oxygen atoms in total. The summed E-state index contributed by atoms with van der Waals surface area (Å²) < 4.78 is 0. The molecule has 1 saturated heterocycles. The number of guanidine groups is 1. The summed E-state index contributed by atoms with van der Waals surface area (Å²) in [7, 11) is 0. The van der Waals surface area contributed by atoms with Gasteiger partial charge in [-0.05, 0) is 37.6 Å². The van der Waals surface area contributed by atoms with E-state index >= 15 is 0 Å². The molecule has 0 saturated carbocycles. The Bertz CT molecular complexity index is 1700. The lowest BCUT2D eigenvalue weighted by Gasteiger charge is -2.33. The molecular formula is C31H45Cl2N13O10. The molecule has 8 amide bonds. The van der Waals surface area contributed by atoms with Gasteiger partial charge in [0.15, 0.2) is 12.2 Å². The topological polar surface area (TPSA) is 379 Å². The molecule has 1 aromatic carbocycles. The summed E-state index contributed by atoms with van der Waals surface area (Å²) >= 11 is 11.9. The predicted molar refractivity (Wildman–Crippen MR) is 200 cm³/mol. The summed E-state index contributed by atoms with van der Waals surface area (Å²) in [6.45, 7) is -2.43. The highest BCUT2D eigenvalue weighted by molar-refractivity contribution is 6.42. The molecule has 0 aromatic heterocycles. The number of hydrogen-bond donors (Lipinski definition) is 15. The van der Waals surface area contributed by atoms with Crippen LogP contribution in [0.5, 0.6) is 0 Å². The summed E-state index contributed by atoms with van der Waals surface area (Å²) in [5, 5.41) is 51.6. The van der Waals surface area contributed by atoms with Gasteiger partial charge in [0.05, 0.1) is 29.3 Å². The largest absolute Gasteiger partial charge is 0.394 e. The molecule has 1 aromatic rings. The summed E-state index contributed by atoms with van der Waals surface area (Å²) in [5.74, 6) is -6.75. The summed E-state index contributed by atoms with van der Waals surface area (Å²) in [4.78, 5) is 96.9. The highest BCUT2D eigenvalue weighted by atomic mass is 35.5. The number of aliphatic hydroxyl groups excluding tert-OH is 3. The fourth-order valence-corrected chi connectivity index (χ4v) is 5.50. The summed E-state index contributed by atoms with van der Waals surface area (Å²) in [5.41, 5.74) is 16.7. The molecule has 0 aliphatic carbocycles. The molecule has 0 radical (unpaired) electrons. The third kappa shape index (κ3) is 13.8. The van der Waals surface area contributed by atoms with Gasteiger partial charge in [0.25, 0.3) is 5.91 Å². The van der Waals surface area contributed by atoms with Crippen LogP contribution in [-0.4, -0.2) is 132 Å². The lowest BCUT2D eigenvalue weighted by Crippen LogP contribution is -2.64. The number of amides is 8. The molecule has 2 aliphatic rings. The standard InChI is InChI=1S/C31H45Cl2N13O10/c32-15-4-3-14(7-16(15)33)39-31(56)38-10-19-26(52)46-24(17-8-23(50)45-30(36)44-17)29(55)37-9-18(40-22(49)6-13(35)2-1-5-34)25(51)42-21(12-48)28(54)43-20(11-47)27(53)41-19/h3-4,7,10,13,17-18,20-21,23-24,47-48,50H,1-2,5-6,8-9,11-12,34-35H2,(H,37,55)(H,40,49)(H,41,53)(H,42,51)(H,43,54)(H,46,52)(H3,36,44,45)(H2,38,39,56)/b19-10-/t13-,17?,18?,20+,21+,23?,24+/m0/s1. The molecule has 7 atom stereocenters. The van der Waals surface area contributed by atoms with Gasteiger partial charge in [-0.15, -0.1) is 0 Å². The van der Waals surface area contributed by atoms with Crippen molar-refractivity contribution < 1.29 is 48.9 Å². The van der Waals surface area contributed by atoms with Crippen molar-refractivity contribution in [2.45, 2.75) is 68.2 Å². The second-order valence-corrected chi connectivity index (χ2v) is 13.3. The Hall–Kier alpha value is -5.30. The van der Waals surface area contributed by atoms with Crippen LogP contribution in [0, 0.1) is 0 Å². The molecule has 0 bridgehead atoms. The molecule has 2 aliphatic heterocycles.